The zero-order valence-corrected chi connectivity index (χ0v) is 14.5. The second-order valence-corrected chi connectivity index (χ2v) is 6.31. The minimum atomic E-state index is -1.24. The van der Waals surface area contributed by atoms with E-state index in [0.717, 1.165) is 16.8 Å². The molecule has 0 aliphatic carbocycles. The fourth-order valence-electron chi connectivity index (χ4n) is 2.37. The molecule has 3 rings (SSSR count). The van der Waals surface area contributed by atoms with Gasteiger partial charge in [-0.3, -0.25) is 4.98 Å². The summed E-state index contributed by atoms with van der Waals surface area (Å²) in [6.07, 6.45) is 3.18. The molecule has 0 atom stereocenters. The lowest BCUT2D eigenvalue weighted by atomic mass is 10.1. The molecule has 0 unspecified atom stereocenters. The summed E-state index contributed by atoms with van der Waals surface area (Å²) < 4.78 is 10.1. The number of ether oxygens (including phenoxy) is 2. The first kappa shape index (κ1) is 17.2. The van der Waals surface area contributed by atoms with E-state index in [1.807, 2.05) is 24.3 Å². The molecule has 2 aromatic rings. The van der Waals surface area contributed by atoms with E-state index in [2.05, 4.69) is 4.98 Å². The van der Waals surface area contributed by atoms with Crippen molar-refractivity contribution in [3.63, 3.8) is 0 Å². The third-order valence-corrected chi connectivity index (χ3v) is 3.92. The molecule has 1 saturated heterocycles. The number of esters is 2. The first-order valence-corrected chi connectivity index (χ1v) is 8.21. The third-order valence-electron chi connectivity index (χ3n) is 3.61. The SMILES string of the molecule is CC1(C)OC(=O)C(=Cc2ccc(-c3ccc(CCl)cn3)cc2)C(=O)O1. The number of nitrogens with zero attached hydrogens (tertiary/aromatic N) is 1. The molecule has 1 fully saturated rings. The van der Waals surface area contributed by atoms with Crippen LogP contribution in [-0.4, -0.2) is 22.7 Å². The smallest absolute Gasteiger partial charge is 0.348 e. The largest absolute Gasteiger partial charge is 0.419 e. The molecule has 0 spiro atoms. The average molecular weight is 358 g/mol. The van der Waals surface area contributed by atoms with E-state index < -0.39 is 17.7 Å². The maximum Gasteiger partial charge on any atom is 0.348 e. The molecular weight excluding hydrogens is 342 g/mol. The molecule has 1 aliphatic rings. The Morgan fingerprint density at radius 2 is 1.68 bits per heavy atom. The molecule has 2 heterocycles. The Hall–Kier alpha value is -2.66. The van der Waals surface area contributed by atoms with E-state index in [1.54, 1.807) is 18.3 Å². The Labute approximate surface area is 150 Å². The number of halogens is 1. The highest BCUT2D eigenvalue weighted by Gasteiger charge is 2.38. The van der Waals surface area contributed by atoms with Crippen LogP contribution in [0.25, 0.3) is 17.3 Å². The van der Waals surface area contributed by atoms with Crippen molar-refractivity contribution in [2.24, 2.45) is 0 Å². The van der Waals surface area contributed by atoms with Crippen molar-refractivity contribution in [1.82, 2.24) is 4.98 Å². The molecular formula is C19H16ClNO4. The normalized spacial score (nSPS) is 16.2. The highest BCUT2D eigenvalue weighted by molar-refractivity contribution is 6.18. The maximum atomic E-state index is 12.0. The number of cyclic esters (lactones) is 2. The van der Waals surface area contributed by atoms with Crippen LogP contribution in [0.5, 0.6) is 0 Å². The summed E-state index contributed by atoms with van der Waals surface area (Å²) in [5.41, 5.74) is 3.23. The quantitative estimate of drug-likeness (QED) is 0.362. The van der Waals surface area contributed by atoms with Gasteiger partial charge in [0.1, 0.15) is 5.57 Å². The van der Waals surface area contributed by atoms with Crippen LogP contribution in [0.3, 0.4) is 0 Å². The molecule has 0 bridgehead atoms. The fraction of sp³-hybridized carbons (Fsp3) is 0.211. The van der Waals surface area contributed by atoms with Gasteiger partial charge in [0, 0.05) is 31.5 Å². The summed E-state index contributed by atoms with van der Waals surface area (Å²) in [6, 6.07) is 11.1. The van der Waals surface area contributed by atoms with Gasteiger partial charge in [-0.15, -0.1) is 11.6 Å². The molecule has 0 amide bonds. The van der Waals surface area contributed by atoms with E-state index in [1.165, 1.54) is 19.9 Å². The van der Waals surface area contributed by atoms with Crippen LogP contribution < -0.4 is 0 Å². The summed E-state index contributed by atoms with van der Waals surface area (Å²) in [5.74, 6) is -2.20. The standard InChI is InChI=1S/C19H16ClNO4/c1-19(2)24-17(22)15(18(23)25-19)9-12-3-6-14(7-4-12)16-8-5-13(10-20)11-21-16/h3-9,11H,10H2,1-2H3. The molecule has 25 heavy (non-hydrogen) atoms. The summed E-state index contributed by atoms with van der Waals surface area (Å²) in [4.78, 5) is 28.3. The summed E-state index contributed by atoms with van der Waals surface area (Å²) in [6.45, 7) is 3.02. The van der Waals surface area contributed by atoms with Crippen molar-refractivity contribution < 1.29 is 19.1 Å². The van der Waals surface area contributed by atoms with Gasteiger partial charge in [-0.25, -0.2) is 9.59 Å². The van der Waals surface area contributed by atoms with Crippen LogP contribution in [0.2, 0.25) is 0 Å². The zero-order valence-electron chi connectivity index (χ0n) is 13.8. The third kappa shape index (κ3) is 3.88. The predicted molar refractivity (Wildman–Crippen MR) is 93.5 cm³/mol. The highest BCUT2D eigenvalue weighted by Crippen LogP contribution is 2.25. The number of pyridine rings is 1. The molecule has 0 radical (unpaired) electrons. The monoisotopic (exact) mass is 357 g/mol. The Balaban J connectivity index is 1.82. The van der Waals surface area contributed by atoms with Crippen LogP contribution >= 0.6 is 11.6 Å². The number of hydrogen-bond acceptors (Lipinski definition) is 5. The number of carbonyl (C=O) groups is 2. The van der Waals surface area contributed by atoms with Crippen LogP contribution in [0.1, 0.15) is 25.0 Å². The average Bonchev–Trinajstić information content (AvgIpc) is 2.58. The van der Waals surface area contributed by atoms with E-state index in [-0.39, 0.29) is 5.57 Å². The van der Waals surface area contributed by atoms with Gasteiger partial charge < -0.3 is 9.47 Å². The lowest BCUT2D eigenvalue weighted by Gasteiger charge is -2.29. The van der Waals surface area contributed by atoms with Gasteiger partial charge in [-0.2, -0.15) is 0 Å². The van der Waals surface area contributed by atoms with E-state index in [4.69, 9.17) is 21.1 Å². The number of alkyl halides is 1. The molecule has 1 aliphatic heterocycles. The second kappa shape index (κ2) is 6.69. The molecule has 128 valence electrons. The second-order valence-electron chi connectivity index (χ2n) is 6.04. The summed E-state index contributed by atoms with van der Waals surface area (Å²) in [7, 11) is 0. The van der Waals surface area contributed by atoms with E-state index in [0.29, 0.717) is 11.4 Å². The lowest BCUT2D eigenvalue weighted by Crippen LogP contribution is -2.41. The fourth-order valence-corrected chi connectivity index (χ4v) is 2.53. The molecule has 0 saturated carbocycles. The van der Waals surface area contributed by atoms with Gasteiger partial charge in [0.2, 0.25) is 0 Å². The van der Waals surface area contributed by atoms with Crippen molar-refractivity contribution in [3.8, 4) is 11.3 Å². The zero-order chi connectivity index (χ0) is 18.0. The molecule has 0 N–H and O–H groups in total. The van der Waals surface area contributed by atoms with Crippen LogP contribution in [0, 0.1) is 0 Å². The first-order chi connectivity index (χ1) is 11.9. The number of carbonyl (C=O) groups excluding carboxylic acids is 2. The van der Waals surface area contributed by atoms with Gasteiger partial charge in [-0.1, -0.05) is 30.3 Å². The van der Waals surface area contributed by atoms with Crippen molar-refractivity contribution in [2.45, 2.75) is 25.5 Å². The number of aromatic nitrogens is 1. The van der Waals surface area contributed by atoms with Crippen LogP contribution in [-0.2, 0) is 24.9 Å². The van der Waals surface area contributed by atoms with Crippen molar-refractivity contribution in [3.05, 3.63) is 59.3 Å². The van der Waals surface area contributed by atoms with Crippen LogP contribution in [0.4, 0.5) is 0 Å². The Morgan fingerprint density at radius 3 is 2.20 bits per heavy atom. The van der Waals surface area contributed by atoms with Crippen LogP contribution in [0.15, 0.2) is 48.2 Å². The minimum absolute atomic E-state index is 0.128. The first-order valence-electron chi connectivity index (χ1n) is 7.68. The topological polar surface area (TPSA) is 65.5 Å². The van der Waals surface area contributed by atoms with E-state index in [9.17, 15) is 9.59 Å². The lowest BCUT2D eigenvalue weighted by molar-refractivity contribution is -0.222. The summed E-state index contributed by atoms with van der Waals surface area (Å²) in [5, 5.41) is 0. The minimum Gasteiger partial charge on any atom is -0.419 e. The van der Waals surface area contributed by atoms with Gasteiger partial charge >= 0.3 is 11.9 Å². The van der Waals surface area contributed by atoms with E-state index >= 15 is 0 Å². The van der Waals surface area contributed by atoms with Crippen molar-refractivity contribution in [1.29, 1.82) is 0 Å². The Kier molecular flexibility index (Phi) is 4.59. The molecule has 5 nitrogen and oxygen atoms in total. The number of benzene rings is 1. The molecule has 1 aromatic carbocycles. The van der Waals surface area contributed by atoms with Gasteiger partial charge in [-0.05, 0) is 23.3 Å². The molecule has 1 aromatic heterocycles. The van der Waals surface area contributed by atoms with Gasteiger partial charge in [0.25, 0.3) is 5.79 Å². The Bertz CT molecular complexity index is 817. The van der Waals surface area contributed by atoms with Crippen molar-refractivity contribution in [2.75, 3.05) is 0 Å². The van der Waals surface area contributed by atoms with Gasteiger partial charge in [0.05, 0.1) is 5.69 Å². The molecule has 6 heteroatoms. The Morgan fingerprint density at radius 1 is 1.04 bits per heavy atom. The van der Waals surface area contributed by atoms with Crippen molar-refractivity contribution >= 4 is 29.6 Å². The van der Waals surface area contributed by atoms with Gasteiger partial charge in [0.15, 0.2) is 0 Å². The maximum absolute atomic E-state index is 12.0. The number of rotatable bonds is 3. The highest BCUT2D eigenvalue weighted by atomic mass is 35.5. The predicted octanol–water partition coefficient (Wildman–Crippen LogP) is 3.71. The number of hydrogen-bond donors (Lipinski definition) is 0. The summed E-state index contributed by atoms with van der Waals surface area (Å²) >= 11 is 5.76.